The van der Waals surface area contributed by atoms with Crippen molar-refractivity contribution in [1.29, 1.82) is 0 Å². The van der Waals surface area contributed by atoms with E-state index in [0.29, 0.717) is 5.69 Å². The first-order chi connectivity index (χ1) is 7.51. The van der Waals surface area contributed by atoms with Gasteiger partial charge in [0.1, 0.15) is 5.75 Å². The molecule has 0 heterocycles. The quantitative estimate of drug-likeness (QED) is 0.625. The topological polar surface area (TPSA) is 55.4 Å². The summed E-state index contributed by atoms with van der Waals surface area (Å²) in [5.41, 5.74) is 3.43. The van der Waals surface area contributed by atoms with E-state index in [4.69, 9.17) is 4.74 Å². The lowest BCUT2D eigenvalue weighted by molar-refractivity contribution is -0.127. The Labute approximate surface area is 94.6 Å². The predicted octanol–water partition coefficient (Wildman–Crippen LogP) is 1.76. The maximum absolute atomic E-state index is 11.0. The molecule has 0 aromatic heterocycles. The normalized spacial score (nSPS) is 9.75. The van der Waals surface area contributed by atoms with E-state index in [0.717, 1.165) is 22.4 Å². The summed E-state index contributed by atoms with van der Waals surface area (Å²) in [6.45, 7) is 5.68. The second-order valence-electron chi connectivity index (χ2n) is 3.63. The van der Waals surface area contributed by atoms with Crippen LogP contribution in [0, 0.1) is 20.8 Å². The van der Waals surface area contributed by atoms with Crippen molar-refractivity contribution in [2.75, 3.05) is 12.4 Å². The van der Waals surface area contributed by atoms with Crippen molar-refractivity contribution < 1.29 is 14.3 Å². The first-order valence-electron chi connectivity index (χ1n) is 4.92. The lowest BCUT2D eigenvalue weighted by Crippen LogP contribution is -2.14. The monoisotopic (exact) mass is 221 g/mol. The minimum Gasteiger partial charge on any atom is -0.496 e. The van der Waals surface area contributed by atoms with Crippen molar-refractivity contribution in [2.24, 2.45) is 0 Å². The van der Waals surface area contributed by atoms with Gasteiger partial charge in [0, 0.05) is 5.69 Å². The zero-order valence-electron chi connectivity index (χ0n) is 9.88. The number of aryl methyl sites for hydroxylation is 1. The Morgan fingerprint density at radius 3 is 2.44 bits per heavy atom. The smallest absolute Gasteiger partial charge is 0.288 e. The molecule has 0 unspecified atom stereocenters. The van der Waals surface area contributed by atoms with E-state index in [2.05, 4.69) is 5.32 Å². The molecule has 1 N–H and O–H groups in total. The molecule has 0 atom stereocenters. The largest absolute Gasteiger partial charge is 0.496 e. The minimum atomic E-state index is -0.646. The number of hydrogen-bond donors (Lipinski definition) is 1. The number of anilines is 1. The molecule has 0 fully saturated rings. The number of ether oxygens (including phenoxy) is 1. The molecule has 4 heteroatoms. The van der Waals surface area contributed by atoms with Crippen LogP contribution in [0.5, 0.6) is 5.75 Å². The van der Waals surface area contributed by atoms with Crippen LogP contribution in [-0.2, 0) is 9.59 Å². The standard InChI is InChI=1S/C12H15NO3/c1-7-5-10(13-11(15)6-14)8(2)9(3)12(7)16-4/h5-6H,1-4H3,(H,13,15). The van der Waals surface area contributed by atoms with Gasteiger partial charge in [-0.1, -0.05) is 0 Å². The van der Waals surface area contributed by atoms with Crippen LogP contribution in [0.15, 0.2) is 6.07 Å². The highest BCUT2D eigenvalue weighted by Crippen LogP contribution is 2.31. The highest BCUT2D eigenvalue weighted by atomic mass is 16.5. The molecule has 16 heavy (non-hydrogen) atoms. The SMILES string of the molecule is COc1c(C)cc(NC(=O)C=O)c(C)c1C. The van der Waals surface area contributed by atoms with E-state index < -0.39 is 5.91 Å². The number of aldehydes is 1. The summed E-state index contributed by atoms with van der Waals surface area (Å²) in [7, 11) is 1.61. The molecular weight excluding hydrogens is 206 g/mol. The van der Waals surface area contributed by atoms with Crippen LogP contribution in [-0.4, -0.2) is 19.3 Å². The van der Waals surface area contributed by atoms with Gasteiger partial charge in [-0.3, -0.25) is 9.59 Å². The number of hydrogen-bond acceptors (Lipinski definition) is 3. The van der Waals surface area contributed by atoms with Crippen molar-refractivity contribution >= 4 is 17.9 Å². The maximum Gasteiger partial charge on any atom is 0.288 e. The minimum absolute atomic E-state index is 0.258. The molecule has 0 saturated heterocycles. The van der Waals surface area contributed by atoms with Crippen LogP contribution >= 0.6 is 0 Å². The summed E-state index contributed by atoms with van der Waals surface area (Å²) in [4.78, 5) is 21.3. The van der Waals surface area contributed by atoms with Crippen molar-refractivity contribution in [1.82, 2.24) is 0 Å². The van der Waals surface area contributed by atoms with Crippen molar-refractivity contribution in [3.8, 4) is 5.75 Å². The first kappa shape index (κ1) is 12.2. The average Bonchev–Trinajstić information content (AvgIpc) is 2.26. The Bertz CT molecular complexity index is 438. The van der Waals surface area contributed by atoms with Crippen molar-refractivity contribution in [2.45, 2.75) is 20.8 Å². The molecule has 86 valence electrons. The Balaban J connectivity index is 3.22. The first-order valence-corrected chi connectivity index (χ1v) is 4.92. The zero-order chi connectivity index (χ0) is 12.3. The maximum atomic E-state index is 11.0. The van der Waals surface area contributed by atoms with Crippen LogP contribution in [0.25, 0.3) is 0 Å². The molecule has 1 rings (SSSR count). The fourth-order valence-electron chi connectivity index (χ4n) is 1.66. The fourth-order valence-corrected chi connectivity index (χ4v) is 1.66. The number of benzene rings is 1. The predicted molar refractivity (Wildman–Crippen MR) is 61.9 cm³/mol. The number of amides is 1. The van der Waals surface area contributed by atoms with E-state index in [1.165, 1.54) is 0 Å². The van der Waals surface area contributed by atoms with Gasteiger partial charge in [0.15, 0.2) is 0 Å². The van der Waals surface area contributed by atoms with E-state index in [9.17, 15) is 9.59 Å². The number of methoxy groups -OCH3 is 1. The molecule has 1 aromatic carbocycles. The molecule has 4 nitrogen and oxygen atoms in total. The van der Waals surface area contributed by atoms with Gasteiger partial charge in [-0.2, -0.15) is 0 Å². The molecule has 0 aliphatic carbocycles. The van der Waals surface area contributed by atoms with Gasteiger partial charge < -0.3 is 10.1 Å². The van der Waals surface area contributed by atoms with Crippen molar-refractivity contribution in [3.63, 3.8) is 0 Å². The van der Waals surface area contributed by atoms with Gasteiger partial charge in [-0.05, 0) is 43.5 Å². The molecule has 0 radical (unpaired) electrons. The van der Waals surface area contributed by atoms with Crippen LogP contribution in [0.4, 0.5) is 5.69 Å². The van der Waals surface area contributed by atoms with E-state index >= 15 is 0 Å². The van der Waals surface area contributed by atoms with Gasteiger partial charge in [-0.15, -0.1) is 0 Å². The van der Waals surface area contributed by atoms with Gasteiger partial charge >= 0.3 is 0 Å². The number of nitrogens with one attached hydrogen (secondary N) is 1. The molecule has 1 aromatic rings. The number of carbonyl (C=O) groups is 2. The Kier molecular flexibility index (Phi) is 3.66. The fraction of sp³-hybridized carbons (Fsp3) is 0.333. The molecule has 0 aliphatic heterocycles. The second-order valence-corrected chi connectivity index (χ2v) is 3.63. The van der Waals surface area contributed by atoms with Crippen LogP contribution in [0.1, 0.15) is 16.7 Å². The third-order valence-corrected chi connectivity index (χ3v) is 2.60. The molecule has 0 spiro atoms. The summed E-state index contributed by atoms with van der Waals surface area (Å²) < 4.78 is 5.26. The number of rotatable bonds is 3. The summed E-state index contributed by atoms with van der Waals surface area (Å²) >= 11 is 0. The van der Waals surface area contributed by atoms with Gasteiger partial charge in [0.2, 0.25) is 6.29 Å². The molecule has 0 saturated carbocycles. The molecule has 1 amide bonds. The van der Waals surface area contributed by atoms with Crippen LogP contribution in [0.3, 0.4) is 0 Å². The summed E-state index contributed by atoms with van der Waals surface area (Å²) in [5, 5.41) is 2.53. The zero-order valence-corrected chi connectivity index (χ0v) is 9.88. The average molecular weight is 221 g/mol. The highest BCUT2D eigenvalue weighted by molar-refractivity contribution is 6.29. The molecule has 0 bridgehead atoms. The van der Waals surface area contributed by atoms with Gasteiger partial charge in [0.05, 0.1) is 7.11 Å². The van der Waals surface area contributed by atoms with Gasteiger partial charge in [0.25, 0.3) is 5.91 Å². The lowest BCUT2D eigenvalue weighted by Gasteiger charge is -2.15. The number of carbonyl (C=O) groups excluding carboxylic acids is 2. The summed E-state index contributed by atoms with van der Waals surface area (Å²) in [6, 6.07) is 1.79. The third kappa shape index (κ3) is 2.21. The highest BCUT2D eigenvalue weighted by Gasteiger charge is 2.11. The van der Waals surface area contributed by atoms with E-state index in [1.807, 2.05) is 20.8 Å². The Morgan fingerprint density at radius 2 is 1.94 bits per heavy atom. The van der Waals surface area contributed by atoms with Crippen LogP contribution < -0.4 is 10.1 Å². The second kappa shape index (κ2) is 4.79. The summed E-state index contributed by atoms with van der Waals surface area (Å²) in [5.74, 6) is 0.161. The lowest BCUT2D eigenvalue weighted by atomic mass is 10.0. The summed E-state index contributed by atoms with van der Waals surface area (Å²) in [6.07, 6.45) is 0.258. The van der Waals surface area contributed by atoms with Crippen molar-refractivity contribution in [3.05, 3.63) is 22.8 Å². The van der Waals surface area contributed by atoms with E-state index in [1.54, 1.807) is 13.2 Å². The third-order valence-electron chi connectivity index (χ3n) is 2.60. The van der Waals surface area contributed by atoms with E-state index in [-0.39, 0.29) is 6.29 Å². The Morgan fingerprint density at radius 1 is 1.31 bits per heavy atom. The Hall–Kier alpha value is -1.84. The van der Waals surface area contributed by atoms with Crippen LogP contribution in [0.2, 0.25) is 0 Å². The van der Waals surface area contributed by atoms with Gasteiger partial charge in [-0.25, -0.2) is 0 Å². The molecular formula is C12H15NO3. The molecule has 0 aliphatic rings.